The predicted octanol–water partition coefficient (Wildman–Crippen LogP) is -0.379. The molecule has 2 aromatic rings. The molecule has 168 valence electrons. The molecule has 4 heterocycles. The molecule has 1 fully saturated rings. The fourth-order valence-corrected chi connectivity index (χ4v) is 6.41. The maximum absolute atomic E-state index is 12.7. The molecule has 7 N–H and O–H groups in total. The topological polar surface area (TPSA) is 197 Å². The number of thioether (sulfide) groups is 2. The number of aromatic amines is 1. The summed E-state index contributed by atoms with van der Waals surface area (Å²) in [5.41, 5.74) is 12.1. The lowest BCUT2D eigenvalue weighted by Crippen LogP contribution is -2.70. The highest BCUT2D eigenvalue weighted by Gasteiger charge is 2.54. The number of carboxylic acid groups (broad SMARTS) is 1. The number of anilines is 1. The molecule has 0 aliphatic carbocycles. The van der Waals surface area contributed by atoms with Gasteiger partial charge in [-0.1, -0.05) is 11.8 Å². The van der Waals surface area contributed by atoms with Crippen LogP contribution in [0, 0.1) is 0 Å². The Labute approximate surface area is 193 Å². The molecule has 15 heteroatoms. The molecule has 12 nitrogen and oxygen atoms in total. The van der Waals surface area contributed by atoms with Gasteiger partial charge in [-0.05, 0) is 22.6 Å². The van der Waals surface area contributed by atoms with Crippen molar-refractivity contribution in [1.82, 2.24) is 25.6 Å². The van der Waals surface area contributed by atoms with E-state index in [2.05, 4.69) is 20.7 Å². The molecule has 4 rings (SSSR count). The number of nitrogens with zero attached hydrogens (tertiary/aromatic N) is 3. The molecule has 0 radical (unpaired) electrons. The molecular weight excluding hydrogens is 478 g/mol. The number of hydrogen-bond acceptors (Lipinski definition) is 10. The largest absolute Gasteiger partial charge is 0.477 e. The van der Waals surface area contributed by atoms with Gasteiger partial charge in [0.25, 0.3) is 11.8 Å². The molecule has 32 heavy (non-hydrogen) atoms. The van der Waals surface area contributed by atoms with Crippen molar-refractivity contribution in [2.45, 2.75) is 22.9 Å². The maximum atomic E-state index is 12.7. The number of carbonyl (C=O) groups is 4. The van der Waals surface area contributed by atoms with Crippen LogP contribution in [0.2, 0.25) is 0 Å². The minimum atomic E-state index is -1.25. The van der Waals surface area contributed by atoms with Crippen LogP contribution in [0.15, 0.2) is 27.7 Å². The van der Waals surface area contributed by atoms with Crippen LogP contribution < -0.4 is 16.8 Å². The number of aliphatic carboxylic acids is 1. The second-order valence-electron chi connectivity index (χ2n) is 6.83. The third-order valence-corrected chi connectivity index (χ3v) is 8.01. The SMILES string of the molecule is NC(=O)c1n[nH]nc1SCC1=C(C(=O)O)N2C(=O)C(NC(=O)Cc3ccsc3N)[C@@H]2SC1. The zero-order valence-corrected chi connectivity index (χ0v) is 18.7. The molecule has 0 aromatic carbocycles. The van der Waals surface area contributed by atoms with E-state index in [1.54, 1.807) is 11.4 Å². The number of primary amides is 1. The van der Waals surface area contributed by atoms with Gasteiger partial charge in [0.2, 0.25) is 5.91 Å². The second kappa shape index (κ2) is 8.84. The van der Waals surface area contributed by atoms with Crippen molar-refractivity contribution in [2.75, 3.05) is 17.2 Å². The van der Waals surface area contributed by atoms with Crippen LogP contribution in [-0.4, -0.2) is 72.0 Å². The van der Waals surface area contributed by atoms with Gasteiger partial charge >= 0.3 is 5.97 Å². The van der Waals surface area contributed by atoms with Gasteiger partial charge in [0.15, 0.2) is 10.7 Å². The van der Waals surface area contributed by atoms with Crippen molar-refractivity contribution in [3.63, 3.8) is 0 Å². The lowest BCUT2D eigenvalue weighted by Gasteiger charge is -2.49. The summed E-state index contributed by atoms with van der Waals surface area (Å²) in [6.45, 7) is 0. The normalized spacial score (nSPS) is 20.0. The molecule has 2 aromatic heterocycles. The quantitative estimate of drug-likeness (QED) is 0.238. The molecular formula is C17H17N7O5S3. The summed E-state index contributed by atoms with van der Waals surface area (Å²) in [5.74, 6) is -2.35. The first-order valence-corrected chi connectivity index (χ1v) is 12.0. The first-order valence-electron chi connectivity index (χ1n) is 9.12. The van der Waals surface area contributed by atoms with Crippen LogP contribution >= 0.6 is 34.9 Å². The highest BCUT2D eigenvalue weighted by molar-refractivity contribution is 8.01. The Balaban J connectivity index is 1.45. The predicted molar refractivity (Wildman–Crippen MR) is 118 cm³/mol. The van der Waals surface area contributed by atoms with E-state index in [9.17, 15) is 24.3 Å². The van der Waals surface area contributed by atoms with Crippen molar-refractivity contribution in [2.24, 2.45) is 5.73 Å². The molecule has 1 unspecified atom stereocenters. The van der Waals surface area contributed by atoms with E-state index in [-0.39, 0.29) is 34.5 Å². The molecule has 0 saturated carbocycles. The van der Waals surface area contributed by atoms with Crippen molar-refractivity contribution in [3.05, 3.63) is 34.0 Å². The van der Waals surface area contributed by atoms with Crippen molar-refractivity contribution in [1.29, 1.82) is 0 Å². The number of β-lactam (4-membered cyclic amide) rings is 1. The van der Waals surface area contributed by atoms with Crippen LogP contribution in [0.3, 0.4) is 0 Å². The smallest absolute Gasteiger partial charge is 0.352 e. The number of nitrogens with one attached hydrogen (secondary N) is 2. The van der Waals surface area contributed by atoms with E-state index in [0.717, 1.165) is 11.8 Å². The number of nitrogens with two attached hydrogens (primary N) is 2. The fraction of sp³-hybridized carbons (Fsp3) is 0.294. The fourth-order valence-electron chi connectivity index (χ4n) is 3.32. The van der Waals surface area contributed by atoms with Gasteiger partial charge in [-0.25, -0.2) is 4.79 Å². The van der Waals surface area contributed by atoms with E-state index in [4.69, 9.17) is 11.5 Å². The first kappa shape index (κ1) is 22.2. The molecule has 2 aliphatic rings. The Morgan fingerprint density at radius 1 is 1.38 bits per heavy atom. The Bertz CT molecular complexity index is 1140. The summed E-state index contributed by atoms with van der Waals surface area (Å²) >= 11 is 3.77. The lowest BCUT2D eigenvalue weighted by atomic mass is 10.0. The summed E-state index contributed by atoms with van der Waals surface area (Å²) in [6, 6.07) is 0.935. The van der Waals surface area contributed by atoms with Gasteiger partial charge < -0.3 is 21.9 Å². The van der Waals surface area contributed by atoms with Crippen LogP contribution in [0.1, 0.15) is 16.1 Å². The van der Waals surface area contributed by atoms with Crippen LogP contribution in [0.25, 0.3) is 0 Å². The zero-order chi connectivity index (χ0) is 23.0. The highest BCUT2D eigenvalue weighted by Crippen LogP contribution is 2.41. The zero-order valence-electron chi connectivity index (χ0n) is 16.2. The third-order valence-electron chi connectivity index (χ3n) is 4.83. The van der Waals surface area contributed by atoms with E-state index >= 15 is 0 Å². The summed E-state index contributed by atoms with van der Waals surface area (Å²) in [4.78, 5) is 49.6. The number of hydrogen-bond donors (Lipinski definition) is 5. The van der Waals surface area contributed by atoms with Crippen LogP contribution in [0.5, 0.6) is 0 Å². The van der Waals surface area contributed by atoms with E-state index in [0.29, 0.717) is 21.9 Å². The number of amides is 3. The average molecular weight is 496 g/mol. The Hall–Kier alpha value is -3.04. The number of nitrogen functional groups attached to an aromatic ring is 1. The Morgan fingerprint density at radius 3 is 2.81 bits per heavy atom. The molecule has 2 aliphatic heterocycles. The number of H-pyrrole nitrogens is 1. The standard InChI is InChI=1S/C17H17N7O5S3/c18-12(26)9-14(22-23-21-9)31-4-7-5-32-16-10(15(27)24(16)11(7)17(28)29)20-8(25)3-6-1-2-30-13(6)19/h1-2,10,16H,3-5,19H2,(H2,18,26)(H,20,25)(H,28,29)(H,21,22,23)/t10?,16-/m0/s1. The molecule has 0 bridgehead atoms. The number of carbonyl (C=O) groups excluding carboxylic acids is 3. The summed E-state index contributed by atoms with van der Waals surface area (Å²) in [6.07, 6.45) is 0.0416. The first-order chi connectivity index (χ1) is 15.3. The van der Waals surface area contributed by atoms with Gasteiger partial charge in [0.1, 0.15) is 17.1 Å². The van der Waals surface area contributed by atoms with Crippen molar-refractivity contribution in [3.8, 4) is 0 Å². The number of carboxylic acids is 1. The number of fused-ring (bicyclic) bond motifs is 1. The molecule has 1 saturated heterocycles. The van der Waals surface area contributed by atoms with Gasteiger partial charge in [0.05, 0.1) is 11.4 Å². The lowest BCUT2D eigenvalue weighted by molar-refractivity contribution is -0.150. The molecule has 2 atom stereocenters. The number of aromatic nitrogens is 3. The summed E-state index contributed by atoms with van der Waals surface area (Å²) in [5, 5.41) is 24.3. The summed E-state index contributed by atoms with van der Waals surface area (Å²) < 4.78 is 0. The Morgan fingerprint density at radius 2 is 2.16 bits per heavy atom. The van der Waals surface area contributed by atoms with E-state index in [1.807, 2.05) is 0 Å². The maximum Gasteiger partial charge on any atom is 0.352 e. The molecule has 0 spiro atoms. The second-order valence-corrected chi connectivity index (χ2v) is 9.85. The monoisotopic (exact) mass is 495 g/mol. The van der Waals surface area contributed by atoms with Gasteiger partial charge in [-0.3, -0.25) is 19.3 Å². The van der Waals surface area contributed by atoms with E-state index < -0.39 is 29.2 Å². The van der Waals surface area contributed by atoms with Gasteiger partial charge in [-0.2, -0.15) is 5.21 Å². The minimum Gasteiger partial charge on any atom is -0.477 e. The van der Waals surface area contributed by atoms with Gasteiger partial charge in [0, 0.05) is 11.5 Å². The Kier molecular flexibility index (Phi) is 6.12. The summed E-state index contributed by atoms with van der Waals surface area (Å²) in [7, 11) is 0. The molecule has 3 amide bonds. The highest BCUT2D eigenvalue weighted by atomic mass is 32.2. The number of thiophene rings is 1. The minimum absolute atomic E-state index is 0.0390. The third kappa shape index (κ3) is 4.05. The van der Waals surface area contributed by atoms with Gasteiger partial charge in [-0.15, -0.1) is 33.3 Å². The average Bonchev–Trinajstić information content (AvgIpc) is 3.38. The number of rotatable bonds is 8. The van der Waals surface area contributed by atoms with Crippen molar-refractivity contribution >= 4 is 63.6 Å². The van der Waals surface area contributed by atoms with E-state index in [1.165, 1.54) is 28.0 Å². The van der Waals surface area contributed by atoms with Crippen LogP contribution in [-0.2, 0) is 20.8 Å². The van der Waals surface area contributed by atoms with Crippen LogP contribution in [0.4, 0.5) is 5.00 Å². The van der Waals surface area contributed by atoms with Crippen molar-refractivity contribution < 1.29 is 24.3 Å².